The summed E-state index contributed by atoms with van der Waals surface area (Å²) >= 11 is 0. The minimum absolute atomic E-state index is 0.00672. The van der Waals surface area contributed by atoms with Crippen LogP contribution in [0.2, 0.25) is 0 Å². The molecule has 2 bridgehead atoms. The van der Waals surface area contributed by atoms with Gasteiger partial charge >= 0.3 is 0 Å². The predicted octanol–water partition coefficient (Wildman–Crippen LogP) is 3.98. The van der Waals surface area contributed by atoms with Crippen LogP contribution in [0.15, 0.2) is 12.1 Å². The van der Waals surface area contributed by atoms with Crippen molar-refractivity contribution >= 4 is 16.9 Å². The third-order valence-corrected chi connectivity index (χ3v) is 6.54. The molecule has 2 fully saturated rings. The highest BCUT2D eigenvalue weighted by atomic mass is 16.2. The van der Waals surface area contributed by atoms with Crippen molar-refractivity contribution in [3.63, 3.8) is 0 Å². The second-order valence-electron chi connectivity index (χ2n) is 8.68. The summed E-state index contributed by atoms with van der Waals surface area (Å²) in [4.78, 5) is 20.5. The Morgan fingerprint density at radius 1 is 1.33 bits per heavy atom. The van der Waals surface area contributed by atoms with Crippen LogP contribution < -0.4 is 5.32 Å². The third-order valence-electron chi connectivity index (χ3n) is 6.54. The normalized spacial score (nSPS) is 30.9. The number of nitrogens with zero attached hydrogens (tertiary/aromatic N) is 1. The molecule has 1 unspecified atom stereocenters. The van der Waals surface area contributed by atoms with Gasteiger partial charge in [-0.15, -0.1) is 0 Å². The Morgan fingerprint density at radius 3 is 2.75 bits per heavy atom. The number of nitrogens with one attached hydrogen (secondary N) is 2. The molecule has 0 spiro atoms. The summed E-state index contributed by atoms with van der Waals surface area (Å²) in [5.41, 5.74) is 3.98. The summed E-state index contributed by atoms with van der Waals surface area (Å²) in [5, 5.41) is 4.35. The molecule has 4 heteroatoms. The zero-order chi connectivity index (χ0) is 17.2. The van der Waals surface area contributed by atoms with E-state index in [1.807, 2.05) is 13.0 Å². The molecule has 2 aromatic rings. The quantitative estimate of drug-likeness (QED) is 0.877. The van der Waals surface area contributed by atoms with E-state index in [9.17, 15) is 4.79 Å². The van der Waals surface area contributed by atoms with Gasteiger partial charge in [0.25, 0.3) is 5.91 Å². The average Bonchev–Trinajstić information content (AvgIpc) is 3.11. The van der Waals surface area contributed by atoms with E-state index in [1.54, 1.807) is 0 Å². The van der Waals surface area contributed by atoms with Crippen molar-refractivity contribution in [2.75, 3.05) is 0 Å². The summed E-state index contributed by atoms with van der Waals surface area (Å²) in [6.07, 6.45) is 2.48. The molecular formula is C20H27N3O. The van der Waals surface area contributed by atoms with Gasteiger partial charge in [-0.2, -0.15) is 0 Å². The van der Waals surface area contributed by atoms with E-state index in [0.29, 0.717) is 29.0 Å². The molecule has 2 saturated carbocycles. The van der Waals surface area contributed by atoms with Crippen molar-refractivity contribution in [3.05, 3.63) is 29.1 Å². The molecule has 0 aromatic carbocycles. The standard InChI is InChI=1S/C20H27N3O/c1-10-6-11(2)21-18-14(10)8-16(22-18)19(24)23-17-12(3)15-7-13(17)9-20(15,4)5/h6,8,12-13,15,17H,7,9H2,1-5H3,(H,21,22)(H,23,24)/t12-,13?,15-,17+/m0/s1. The fraction of sp³-hybridized carbons (Fsp3) is 0.600. The number of aryl methyl sites for hydroxylation is 2. The Morgan fingerprint density at radius 2 is 2.08 bits per heavy atom. The molecule has 0 saturated heterocycles. The minimum atomic E-state index is 0.00672. The lowest BCUT2D eigenvalue weighted by Crippen LogP contribution is -2.46. The van der Waals surface area contributed by atoms with E-state index in [2.05, 4.69) is 49.0 Å². The van der Waals surface area contributed by atoms with Gasteiger partial charge in [-0.25, -0.2) is 4.98 Å². The molecule has 0 radical (unpaired) electrons. The van der Waals surface area contributed by atoms with E-state index in [4.69, 9.17) is 0 Å². The largest absolute Gasteiger partial charge is 0.347 e. The fourth-order valence-corrected chi connectivity index (χ4v) is 5.47. The first kappa shape index (κ1) is 15.7. The van der Waals surface area contributed by atoms with Gasteiger partial charge < -0.3 is 10.3 Å². The SMILES string of the molecule is Cc1cc(C)c2cc(C(=O)N[C@H]3C4C[C@@H]([C@@H]3C)C(C)(C)C4)[nH]c2n1. The van der Waals surface area contributed by atoms with Crippen LogP contribution in [0.4, 0.5) is 0 Å². The maximum Gasteiger partial charge on any atom is 0.268 e. The number of carbonyl (C=O) groups excluding carboxylic acids is 1. The van der Waals surface area contributed by atoms with Crippen molar-refractivity contribution in [2.24, 2.45) is 23.2 Å². The second-order valence-corrected chi connectivity index (χ2v) is 8.68. The number of aromatic nitrogens is 2. The Bertz CT molecular complexity index is 818. The first-order valence-electron chi connectivity index (χ1n) is 9.04. The lowest BCUT2D eigenvalue weighted by Gasteiger charge is -2.39. The van der Waals surface area contributed by atoms with Gasteiger partial charge in [0, 0.05) is 17.1 Å². The highest BCUT2D eigenvalue weighted by molar-refractivity contribution is 5.98. The van der Waals surface area contributed by atoms with Gasteiger partial charge in [-0.3, -0.25) is 4.79 Å². The number of hydrogen-bond donors (Lipinski definition) is 2. The zero-order valence-corrected chi connectivity index (χ0v) is 15.2. The molecule has 4 nitrogen and oxygen atoms in total. The molecule has 128 valence electrons. The summed E-state index contributed by atoms with van der Waals surface area (Å²) < 4.78 is 0. The number of rotatable bonds is 2. The van der Waals surface area contributed by atoms with Crippen molar-refractivity contribution in [3.8, 4) is 0 Å². The Balaban J connectivity index is 1.56. The van der Waals surface area contributed by atoms with Crippen molar-refractivity contribution in [1.82, 2.24) is 15.3 Å². The molecule has 4 rings (SSSR count). The lowest BCUT2D eigenvalue weighted by atomic mass is 9.70. The number of hydrogen-bond acceptors (Lipinski definition) is 2. The molecule has 2 aliphatic rings. The number of fused-ring (bicyclic) bond motifs is 3. The summed E-state index contributed by atoms with van der Waals surface area (Å²) in [6.45, 7) is 11.1. The van der Waals surface area contributed by atoms with Crippen LogP contribution in [0.1, 0.15) is 55.4 Å². The summed E-state index contributed by atoms with van der Waals surface area (Å²) in [5.74, 6) is 1.90. The average molecular weight is 325 g/mol. The minimum Gasteiger partial charge on any atom is -0.347 e. The number of H-pyrrole nitrogens is 1. The first-order valence-corrected chi connectivity index (χ1v) is 9.04. The van der Waals surface area contributed by atoms with E-state index >= 15 is 0 Å². The van der Waals surface area contributed by atoms with E-state index in [1.165, 1.54) is 12.8 Å². The Kier molecular flexibility index (Phi) is 3.32. The predicted molar refractivity (Wildman–Crippen MR) is 96.0 cm³/mol. The fourth-order valence-electron chi connectivity index (χ4n) is 5.47. The van der Waals surface area contributed by atoms with Crippen LogP contribution in [-0.4, -0.2) is 21.9 Å². The molecular weight excluding hydrogens is 298 g/mol. The van der Waals surface area contributed by atoms with Gasteiger partial charge in [0.2, 0.25) is 0 Å². The highest BCUT2D eigenvalue weighted by Crippen LogP contribution is 2.58. The molecule has 2 aromatic heterocycles. The van der Waals surface area contributed by atoms with E-state index in [-0.39, 0.29) is 5.91 Å². The van der Waals surface area contributed by atoms with Crippen molar-refractivity contribution in [2.45, 2.75) is 53.5 Å². The highest BCUT2D eigenvalue weighted by Gasteiger charge is 2.54. The first-order chi connectivity index (χ1) is 11.3. The summed E-state index contributed by atoms with van der Waals surface area (Å²) in [6, 6.07) is 4.30. The van der Waals surface area contributed by atoms with Crippen LogP contribution in [0, 0.1) is 37.0 Å². The Hall–Kier alpha value is -1.84. The van der Waals surface area contributed by atoms with Crippen LogP contribution in [0.25, 0.3) is 11.0 Å². The van der Waals surface area contributed by atoms with Gasteiger partial charge in [-0.05, 0) is 67.6 Å². The number of aromatic amines is 1. The zero-order valence-electron chi connectivity index (χ0n) is 15.2. The lowest BCUT2D eigenvalue weighted by molar-refractivity contribution is 0.0832. The van der Waals surface area contributed by atoms with Crippen LogP contribution in [-0.2, 0) is 0 Å². The number of amides is 1. The van der Waals surface area contributed by atoms with E-state index < -0.39 is 0 Å². The molecule has 2 heterocycles. The molecule has 24 heavy (non-hydrogen) atoms. The Labute approximate surface area is 143 Å². The monoisotopic (exact) mass is 325 g/mol. The molecule has 1 amide bonds. The number of pyridine rings is 1. The number of carbonyl (C=O) groups is 1. The van der Waals surface area contributed by atoms with Crippen LogP contribution in [0.5, 0.6) is 0 Å². The summed E-state index contributed by atoms with van der Waals surface area (Å²) in [7, 11) is 0. The van der Waals surface area contributed by atoms with Gasteiger partial charge in [0.05, 0.1) is 0 Å². The topological polar surface area (TPSA) is 57.8 Å². The van der Waals surface area contributed by atoms with Crippen molar-refractivity contribution < 1.29 is 4.79 Å². The molecule has 0 aliphatic heterocycles. The van der Waals surface area contributed by atoms with Crippen molar-refractivity contribution in [1.29, 1.82) is 0 Å². The smallest absolute Gasteiger partial charge is 0.268 e. The molecule has 2 aliphatic carbocycles. The van der Waals surface area contributed by atoms with Gasteiger partial charge in [0.15, 0.2) is 0 Å². The maximum absolute atomic E-state index is 12.8. The third kappa shape index (κ3) is 2.27. The van der Waals surface area contributed by atoms with Crippen LogP contribution in [0.3, 0.4) is 0 Å². The van der Waals surface area contributed by atoms with Gasteiger partial charge in [-0.1, -0.05) is 20.8 Å². The van der Waals surface area contributed by atoms with Gasteiger partial charge in [0.1, 0.15) is 11.3 Å². The molecule has 2 N–H and O–H groups in total. The maximum atomic E-state index is 12.8. The second kappa shape index (κ2) is 5.08. The van der Waals surface area contributed by atoms with Crippen LogP contribution >= 0.6 is 0 Å². The molecule has 4 atom stereocenters. The van der Waals surface area contributed by atoms with E-state index in [0.717, 1.165) is 28.2 Å².